The molecule has 180 valence electrons. The van der Waals surface area contributed by atoms with E-state index >= 15 is 0 Å². The van der Waals surface area contributed by atoms with Gasteiger partial charge in [-0.2, -0.15) is 0 Å². The van der Waals surface area contributed by atoms with Gasteiger partial charge in [-0.15, -0.1) is 0 Å². The number of ether oxygens (including phenoxy) is 1. The Morgan fingerprint density at radius 1 is 1.12 bits per heavy atom. The van der Waals surface area contributed by atoms with Crippen LogP contribution < -0.4 is 15.0 Å². The van der Waals surface area contributed by atoms with Gasteiger partial charge in [0, 0.05) is 31.0 Å². The van der Waals surface area contributed by atoms with Gasteiger partial charge in [0.25, 0.3) is 0 Å². The number of fused-ring (bicyclic) bond motifs is 1. The number of nitrogens with zero attached hydrogens (tertiary/aromatic N) is 5. The summed E-state index contributed by atoms with van der Waals surface area (Å²) in [6.45, 7) is 7.70. The number of anilines is 3. The lowest BCUT2D eigenvalue weighted by molar-refractivity contribution is 0.255. The maximum Gasteiger partial charge on any atom is 0.208 e. The molecule has 0 atom stereocenters. The SMILES string of the molecule is CC(C)N1CCOc2c(F)cc(-c3cn(C)c(Nc4ccc(C5CCN(C)CC5)cn4)n3)cc21. The van der Waals surface area contributed by atoms with Crippen LogP contribution in [0.1, 0.15) is 38.2 Å². The maximum atomic E-state index is 14.9. The topological polar surface area (TPSA) is 58.5 Å². The highest BCUT2D eigenvalue weighted by Crippen LogP contribution is 2.39. The minimum Gasteiger partial charge on any atom is -0.486 e. The minimum atomic E-state index is -0.357. The Kier molecular flexibility index (Phi) is 6.16. The van der Waals surface area contributed by atoms with Crippen LogP contribution in [0.5, 0.6) is 5.75 Å². The second-order valence-electron chi connectivity index (χ2n) is 9.68. The first-order valence-corrected chi connectivity index (χ1v) is 12.1. The molecule has 2 aliphatic heterocycles. The predicted octanol–water partition coefficient (Wildman–Crippen LogP) is 4.78. The number of nitrogens with one attached hydrogen (secondary N) is 1. The van der Waals surface area contributed by atoms with E-state index in [-0.39, 0.29) is 11.9 Å². The molecule has 1 fully saturated rings. The Bertz CT molecular complexity index is 1150. The molecule has 0 saturated carbocycles. The van der Waals surface area contributed by atoms with Crippen molar-refractivity contribution in [2.45, 2.75) is 38.6 Å². The van der Waals surface area contributed by atoms with Crippen LogP contribution >= 0.6 is 0 Å². The zero-order valence-corrected chi connectivity index (χ0v) is 20.4. The molecule has 1 saturated heterocycles. The first kappa shape index (κ1) is 22.7. The number of aryl methyl sites for hydroxylation is 1. The van der Waals surface area contributed by atoms with Crippen molar-refractivity contribution in [1.29, 1.82) is 0 Å². The molecule has 0 spiro atoms. The third-order valence-electron chi connectivity index (χ3n) is 6.92. The lowest BCUT2D eigenvalue weighted by atomic mass is 9.91. The summed E-state index contributed by atoms with van der Waals surface area (Å²) in [4.78, 5) is 13.9. The van der Waals surface area contributed by atoms with Gasteiger partial charge in [-0.05, 0) is 76.5 Å². The molecule has 0 radical (unpaired) electrons. The van der Waals surface area contributed by atoms with Crippen molar-refractivity contribution in [3.63, 3.8) is 0 Å². The number of imidazole rings is 1. The third kappa shape index (κ3) is 4.46. The van der Waals surface area contributed by atoms with E-state index in [0.29, 0.717) is 29.9 Å². The summed E-state index contributed by atoms with van der Waals surface area (Å²) in [6, 6.07) is 7.90. The number of aromatic nitrogens is 3. The summed E-state index contributed by atoms with van der Waals surface area (Å²) in [6.07, 6.45) is 6.22. The van der Waals surface area contributed by atoms with E-state index in [1.807, 2.05) is 36.1 Å². The van der Waals surface area contributed by atoms with Gasteiger partial charge in [-0.3, -0.25) is 0 Å². The van der Waals surface area contributed by atoms with Gasteiger partial charge in [-0.25, -0.2) is 14.4 Å². The molecule has 34 heavy (non-hydrogen) atoms. The Labute approximate surface area is 200 Å². The molecular weight excluding hydrogens is 431 g/mol. The highest BCUT2D eigenvalue weighted by atomic mass is 19.1. The molecule has 4 heterocycles. The zero-order valence-electron chi connectivity index (χ0n) is 20.4. The quantitative estimate of drug-likeness (QED) is 0.586. The normalized spacial score (nSPS) is 17.1. The van der Waals surface area contributed by atoms with E-state index in [0.717, 1.165) is 36.7 Å². The molecule has 0 bridgehead atoms. The average molecular weight is 465 g/mol. The van der Waals surface area contributed by atoms with Crippen molar-refractivity contribution in [3.05, 3.63) is 48.0 Å². The van der Waals surface area contributed by atoms with Crippen molar-refractivity contribution < 1.29 is 9.13 Å². The van der Waals surface area contributed by atoms with Gasteiger partial charge in [-0.1, -0.05) is 6.07 Å². The van der Waals surface area contributed by atoms with E-state index in [1.54, 1.807) is 0 Å². The second-order valence-corrected chi connectivity index (χ2v) is 9.68. The Morgan fingerprint density at radius 2 is 1.91 bits per heavy atom. The van der Waals surface area contributed by atoms with Crippen LogP contribution in [0.15, 0.2) is 36.7 Å². The number of rotatable bonds is 5. The summed E-state index contributed by atoms with van der Waals surface area (Å²) in [5.74, 6) is 1.94. The summed E-state index contributed by atoms with van der Waals surface area (Å²) in [7, 11) is 4.10. The lowest BCUT2D eigenvalue weighted by Crippen LogP contribution is -2.38. The van der Waals surface area contributed by atoms with E-state index in [1.165, 1.54) is 24.5 Å². The number of pyridine rings is 1. The van der Waals surface area contributed by atoms with Crippen LogP contribution in [0, 0.1) is 5.82 Å². The highest BCUT2D eigenvalue weighted by molar-refractivity contribution is 5.73. The Morgan fingerprint density at radius 3 is 2.62 bits per heavy atom. The molecule has 3 aromatic rings. The molecule has 2 aromatic heterocycles. The van der Waals surface area contributed by atoms with Crippen LogP contribution in [-0.4, -0.2) is 58.8 Å². The monoisotopic (exact) mass is 464 g/mol. The fourth-order valence-electron chi connectivity index (χ4n) is 4.88. The smallest absolute Gasteiger partial charge is 0.208 e. The third-order valence-corrected chi connectivity index (χ3v) is 6.92. The second kappa shape index (κ2) is 9.25. The van der Waals surface area contributed by atoms with Crippen LogP contribution in [-0.2, 0) is 7.05 Å². The molecule has 0 amide bonds. The molecule has 1 N–H and O–H groups in total. The van der Waals surface area contributed by atoms with Gasteiger partial charge in [0.15, 0.2) is 11.6 Å². The van der Waals surface area contributed by atoms with Gasteiger partial charge in [0.1, 0.15) is 12.4 Å². The standard InChI is InChI=1S/C26H33FN6O/c1-17(2)33-11-12-34-25-21(27)13-20(14-23(25)33)22-16-32(4)26(29-22)30-24-6-5-19(15-28-24)18-7-9-31(3)10-8-18/h5-6,13-18H,7-12H2,1-4H3,(H,28,29,30). The van der Waals surface area contributed by atoms with Gasteiger partial charge >= 0.3 is 0 Å². The molecule has 0 unspecified atom stereocenters. The largest absolute Gasteiger partial charge is 0.486 e. The van der Waals surface area contributed by atoms with E-state index in [4.69, 9.17) is 9.72 Å². The van der Waals surface area contributed by atoms with E-state index in [2.05, 4.69) is 47.1 Å². The van der Waals surface area contributed by atoms with Crippen LogP contribution in [0.3, 0.4) is 0 Å². The lowest BCUT2D eigenvalue weighted by Gasteiger charge is -2.34. The molecule has 7 nitrogen and oxygen atoms in total. The molecular formula is C26H33FN6O. The van der Waals surface area contributed by atoms with Crippen molar-refractivity contribution >= 4 is 17.5 Å². The summed E-state index contributed by atoms with van der Waals surface area (Å²) in [5, 5.41) is 3.31. The Balaban J connectivity index is 1.36. The summed E-state index contributed by atoms with van der Waals surface area (Å²) >= 11 is 0. The fourth-order valence-corrected chi connectivity index (χ4v) is 4.88. The minimum absolute atomic E-state index is 0.252. The molecule has 5 rings (SSSR count). The van der Waals surface area contributed by atoms with E-state index < -0.39 is 0 Å². The molecule has 1 aromatic carbocycles. The van der Waals surface area contributed by atoms with Crippen molar-refractivity contribution in [1.82, 2.24) is 19.4 Å². The average Bonchev–Trinajstić information content (AvgIpc) is 3.20. The highest BCUT2D eigenvalue weighted by Gasteiger charge is 2.25. The molecule has 8 heteroatoms. The number of hydrogen-bond donors (Lipinski definition) is 1. The van der Waals surface area contributed by atoms with Crippen LogP contribution in [0.4, 0.5) is 21.8 Å². The predicted molar refractivity (Wildman–Crippen MR) is 134 cm³/mol. The number of hydrogen-bond acceptors (Lipinski definition) is 6. The summed E-state index contributed by atoms with van der Waals surface area (Å²) in [5.41, 5.74) is 3.49. The van der Waals surface area contributed by atoms with E-state index in [9.17, 15) is 4.39 Å². The number of benzene rings is 1. The number of likely N-dealkylation sites (tertiary alicyclic amines) is 1. The van der Waals surface area contributed by atoms with Gasteiger partial charge in [0.05, 0.1) is 17.9 Å². The first-order valence-electron chi connectivity index (χ1n) is 12.1. The molecule has 0 aliphatic carbocycles. The van der Waals surface area contributed by atoms with Crippen LogP contribution in [0.2, 0.25) is 0 Å². The van der Waals surface area contributed by atoms with Crippen molar-refractivity contribution in [3.8, 4) is 17.0 Å². The fraction of sp³-hybridized carbons (Fsp3) is 0.462. The number of piperidine rings is 1. The molecule has 2 aliphatic rings. The summed E-state index contributed by atoms with van der Waals surface area (Å²) < 4.78 is 22.4. The number of halogens is 1. The zero-order chi connectivity index (χ0) is 23.8. The first-order chi connectivity index (χ1) is 16.4. The Hall–Kier alpha value is -3.13. The van der Waals surface area contributed by atoms with Gasteiger partial charge in [0.2, 0.25) is 5.95 Å². The maximum absolute atomic E-state index is 14.9. The van der Waals surface area contributed by atoms with Gasteiger partial charge < -0.3 is 24.4 Å². The van der Waals surface area contributed by atoms with Crippen molar-refractivity contribution in [2.75, 3.05) is 43.5 Å². The van der Waals surface area contributed by atoms with Crippen molar-refractivity contribution in [2.24, 2.45) is 7.05 Å². The van der Waals surface area contributed by atoms with Crippen LogP contribution in [0.25, 0.3) is 11.3 Å².